The topological polar surface area (TPSA) is 72.7 Å². The van der Waals surface area contributed by atoms with E-state index in [0.717, 1.165) is 29.8 Å². The van der Waals surface area contributed by atoms with Gasteiger partial charge in [-0.2, -0.15) is 0 Å². The van der Waals surface area contributed by atoms with Gasteiger partial charge in [-0.05, 0) is 55.2 Å². The van der Waals surface area contributed by atoms with Gasteiger partial charge in [-0.15, -0.1) is 0 Å². The molecule has 2 aromatic rings. The third-order valence-corrected chi connectivity index (χ3v) is 4.58. The van der Waals surface area contributed by atoms with Crippen LogP contribution in [0.15, 0.2) is 42.5 Å². The van der Waals surface area contributed by atoms with Gasteiger partial charge < -0.3 is 9.64 Å². The number of ether oxygens (including phenoxy) is 1. The summed E-state index contributed by atoms with van der Waals surface area (Å²) in [5.74, 6) is 0.825. The molecule has 6 nitrogen and oxygen atoms in total. The van der Waals surface area contributed by atoms with Gasteiger partial charge in [-0.3, -0.25) is 14.9 Å². The van der Waals surface area contributed by atoms with Crippen molar-refractivity contribution in [3.63, 3.8) is 0 Å². The van der Waals surface area contributed by atoms with Crippen molar-refractivity contribution in [1.29, 1.82) is 0 Å². The number of anilines is 1. The number of halogens is 1. The largest absolute Gasteiger partial charge is 0.494 e. The maximum atomic E-state index is 12.2. The second-order valence-corrected chi connectivity index (χ2v) is 6.56. The summed E-state index contributed by atoms with van der Waals surface area (Å²) in [6.07, 6.45) is 2.52. The Morgan fingerprint density at radius 3 is 2.62 bits per heavy atom. The van der Waals surface area contributed by atoms with Crippen LogP contribution in [0.2, 0.25) is 5.02 Å². The Bertz CT molecular complexity index is 808. The minimum atomic E-state index is -0.408. The number of hydrogen-bond donors (Lipinski definition) is 0. The van der Waals surface area contributed by atoms with Crippen LogP contribution in [0.4, 0.5) is 11.4 Å². The van der Waals surface area contributed by atoms with E-state index >= 15 is 0 Å². The lowest BCUT2D eigenvalue weighted by atomic mass is 10.00. The number of nitro groups is 1. The van der Waals surface area contributed by atoms with Crippen LogP contribution in [0.25, 0.3) is 0 Å². The lowest BCUT2D eigenvalue weighted by Gasteiger charge is -2.29. The molecule has 0 aliphatic carbocycles. The fourth-order valence-electron chi connectivity index (χ4n) is 3.00. The molecule has 0 bridgehead atoms. The van der Waals surface area contributed by atoms with Crippen LogP contribution < -0.4 is 9.64 Å². The van der Waals surface area contributed by atoms with Crippen molar-refractivity contribution in [2.45, 2.75) is 25.7 Å². The van der Waals surface area contributed by atoms with E-state index in [0.29, 0.717) is 31.0 Å². The zero-order chi connectivity index (χ0) is 18.5. The molecule has 7 heteroatoms. The average Bonchev–Trinajstić information content (AvgIpc) is 2.64. The number of nitrogens with zero attached hydrogens (tertiary/aromatic N) is 2. The monoisotopic (exact) mass is 374 g/mol. The van der Waals surface area contributed by atoms with Gasteiger partial charge in [-0.25, -0.2) is 0 Å². The number of unbranched alkanes of at least 4 members (excludes halogenated alkanes) is 1. The predicted octanol–water partition coefficient (Wildman–Crippen LogP) is 4.39. The maximum Gasteiger partial charge on any atom is 0.269 e. The fourth-order valence-corrected chi connectivity index (χ4v) is 3.12. The Balaban J connectivity index is 1.54. The molecule has 0 unspecified atom stereocenters. The van der Waals surface area contributed by atoms with E-state index in [1.54, 1.807) is 29.2 Å². The summed E-state index contributed by atoms with van der Waals surface area (Å²) in [6, 6.07) is 11.9. The molecule has 26 heavy (non-hydrogen) atoms. The number of carbonyl (C=O) groups is 1. The lowest BCUT2D eigenvalue weighted by molar-refractivity contribution is -0.384. The van der Waals surface area contributed by atoms with Crippen molar-refractivity contribution < 1.29 is 14.5 Å². The van der Waals surface area contributed by atoms with Crippen LogP contribution >= 0.6 is 11.6 Å². The van der Waals surface area contributed by atoms with Gasteiger partial charge >= 0.3 is 0 Å². The molecule has 1 amide bonds. The molecular formula is C19H19ClN2O4. The van der Waals surface area contributed by atoms with Crippen LogP contribution in [-0.2, 0) is 11.2 Å². The molecule has 3 rings (SSSR count). The zero-order valence-corrected chi connectivity index (χ0v) is 14.9. The molecule has 136 valence electrons. The molecule has 0 fully saturated rings. The minimum Gasteiger partial charge on any atom is -0.494 e. The highest BCUT2D eigenvalue weighted by atomic mass is 35.5. The molecule has 1 heterocycles. The number of amides is 1. The number of nitro benzene ring substituents is 1. The number of hydrogen-bond acceptors (Lipinski definition) is 4. The summed E-state index contributed by atoms with van der Waals surface area (Å²) in [5.41, 5.74) is 1.70. The van der Waals surface area contributed by atoms with Crippen molar-refractivity contribution in [1.82, 2.24) is 0 Å². The second kappa shape index (κ2) is 8.19. The highest BCUT2D eigenvalue weighted by Gasteiger charge is 2.25. The quantitative estimate of drug-likeness (QED) is 0.409. The van der Waals surface area contributed by atoms with E-state index in [1.165, 1.54) is 6.07 Å². The highest BCUT2D eigenvalue weighted by Crippen LogP contribution is 2.31. The first-order valence-electron chi connectivity index (χ1n) is 8.50. The van der Waals surface area contributed by atoms with E-state index in [2.05, 4.69) is 0 Å². The lowest BCUT2D eigenvalue weighted by Crippen LogP contribution is -2.36. The van der Waals surface area contributed by atoms with Crippen molar-refractivity contribution in [2.75, 3.05) is 18.1 Å². The van der Waals surface area contributed by atoms with Crippen molar-refractivity contribution in [2.24, 2.45) is 0 Å². The smallest absolute Gasteiger partial charge is 0.269 e. The number of carbonyl (C=O) groups excluding carboxylic acids is 1. The van der Waals surface area contributed by atoms with Gasteiger partial charge in [0.15, 0.2) is 0 Å². The molecule has 1 aliphatic heterocycles. The molecular weight excluding hydrogens is 356 g/mol. The molecule has 0 saturated heterocycles. The Morgan fingerprint density at radius 2 is 1.88 bits per heavy atom. The Labute approximate surface area is 156 Å². The third-order valence-electron chi connectivity index (χ3n) is 4.33. The van der Waals surface area contributed by atoms with E-state index in [9.17, 15) is 14.9 Å². The van der Waals surface area contributed by atoms with Gasteiger partial charge in [0.05, 0.1) is 11.5 Å². The molecule has 0 aromatic heterocycles. The minimum absolute atomic E-state index is 0.0602. The highest BCUT2D eigenvalue weighted by molar-refractivity contribution is 6.30. The first kappa shape index (κ1) is 18.2. The fraction of sp³-hybridized carbons (Fsp3) is 0.316. The van der Waals surface area contributed by atoms with Gasteiger partial charge in [0.2, 0.25) is 5.91 Å². The number of fused-ring (bicyclic) bond motifs is 1. The standard InChI is InChI=1S/C19H19ClN2O4/c20-15-4-7-17(8-5-15)26-12-2-1-11-21-18-9-6-16(22(24)25)13-14(18)3-10-19(21)23/h4-9,13H,1-3,10-12H2. The first-order chi connectivity index (χ1) is 12.5. The zero-order valence-electron chi connectivity index (χ0n) is 14.2. The maximum absolute atomic E-state index is 12.2. The summed E-state index contributed by atoms with van der Waals surface area (Å²) in [6.45, 7) is 1.13. The summed E-state index contributed by atoms with van der Waals surface area (Å²) in [4.78, 5) is 24.5. The van der Waals surface area contributed by atoms with Crippen molar-refractivity contribution in [3.8, 4) is 5.75 Å². The Hall–Kier alpha value is -2.60. The predicted molar refractivity (Wildman–Crippen MR) is 100.0 cm³/mol. The second-order valence-electron chi connectivity index (χ2n) is 6.12. The molecule has 2 aromatic carbocycles. The molecule has 0 saturated carbocycles. The van der Waals surface area contributed by atoms with Crippen LogP contribution in [0, 0.1) is 10.1 Å². The molecule has 1 aliphatic rings. The normalized spacial score (nSPS) is 13.4. The average molecular weight is 375 g/mol. The van der Waals surface area contributed by atoms with Gasteiger partial charge in [0.25, 0.3) is 5.69 Å². The summed E-state index contributed by atoms with van der Waals surface area (Å²) in [7, 11) is 0. The number of non-ortho nitro benzene ring substituents is 1. The van der Waals surface area contributed by atoms with Crippen LogP contribution in [0.5, 0.6) is 5.75 Å². The van der Waals surface area contributed by atoms with E-state index in [1.807, 2.05) is 12.1 Å². The summed E-state index contributed by atoms with van der Waals surface area (Å²) in [5, 5.41) is 11.6. The molecule has 0 N–H and O–H groups in total. The van der Waals surface area contributed by atoms with Gasteiger partial charge in [-0.1, -0.05) is 11.6 Å². The molecule has 0 radical (unpaired) electrons. The SMILES string of the molecule is O=C1CCc2cc([N+](=O)[O-])ccc2N1CCCCOc1ccc(Cl)cc1. The van der Waals surface area contributed by atoms with Crippen molar-refractivity contribution >= 4 is 28.9 Å². The number of aryl methyl sites for hydroxylation is 1. The van der Waals surface area contributed by atoms with Crippen molar-refractivity contribution in [3.05, 3.63) is 63.2 Å². The summed E-state index contributed by atoms with van der Waals surface area (Å²) >= 11 is 5.83. The van der Waals surface area contributed by atoms with E-state index in [-0.39, 0.29) is 11.6 Å². The number of benzene rings is 2. The van der Waals surface area contributed by atoms with Crippen LogP contribution in [-0.4, -0.2) is 24.0 Å². The number of rotatable bonds is 7. The Morgan fingerprint density at radius 1 is 1.12 bits per heavy atom. The molecule has 0 atom stereocenters. The van der Waals surface area contributed by atoms with Crippen LogP contribution in [0.3, 0.4) is 0 Å². The van der Waals surface area contributed by atoms with E-state index < -0.39 is 4.92 Å². The van der Waals surface area contributed by atoms with Crippen LogP contribution in [0.1, 0.15) is 24.8 Å². The Kier molecular flexibility index (Phi) is 5.73. The third kappa shape index (κ3) is 4.32. The molecule has 0 spiro atoms. The first-order valence-corrected chi connectivity index (χ1v) is 8.88. The van der Waals surface area contributed by atoms with Gasteiger partial charge in [0.1, 0.15) is 5.75 Å². The summed E-state index contributed by atoms with van der Waals surface area (Å²) < 4.78 is 5.65. The van der Waals surface area contributed by atoms with Gasteiger partial charge in [0, 0.05) is 35.8 Å². The van der Waals surface area contributed by atoms with E-state index in [4.69, 9.17) is 16.3 Å².